The summed E-state index contributed by atoms with van der Waals surface area (Å²) < 4.78 is 4.94. The zero-order valence-electron chi connectivity index (χ0n) is 12.4. The number of benzene rings is 2. The second-order valence-corrected chi connectivity index (χ2v) is 5.11. The van der Waals surface area contributed by atoms with E-state index in [1.54, 1.807) is 31.2 Å². The van der Waals surface area contributed by atoms with E-state index < -0.39 is 11.5 Å². The molecule has 2 aromatic rings. The minimum Gasteiger partial charge on any atom is -0.508 e. The second kappa shape index (κ2) is 5.87. The summed E-state index contributed by atoms with van der Waals surface area (Å²) in [5.74, 6) is -0.314. The second-order valence-electron chi connectivity index (χ2n) is 5.11. The summed E-state index contributed by atoms with van der Waals surface area (Å²) in [5.41, 5.74) is 1.42. The fourth-order valence-electron chi connectivity index (χ4n) is 2.24. The van der Waals surface area contributed by atoms with Crippen molar-refractivity contribution in [1.29, 1.82) is 0 Å². The molecule has 2 N–H and O–H groups in total. The standard InChI is InChI=1S/C17H19NO3/c1-12-7-4-5-10-15(12)18-17(2,16(20)21-3)13-8-6-9-14(19)11-13/h4-11,18-19H,1-3H3. The van der Waals surface area contributed by atoms with Gasteiger partial charge in [-0.25, -0.2) is 4.79 Å². The SMILES string of the molecule is COC(=O)C(C)(Nc1ccccc1C)c1cccc(O)c1. The van der Waals surface area contributed by atoms with Crippen LogP contribution in [-0.2, 0) is 15.1 Å². The highest BCUT2D eigenvalue weighted by molar-refractivity contribution is 5.86. The molecule has 2 rings (SSSR count). The molecule has 0 amide bonds. The number of methoxy groups -OCH3 is 1. The van der Waals surface area contributed by atoms with Crippen LogP contribution < -0.4 is 5.32 Å². The molecule has 0 aliphatic heterocycles. The van der Waals surface area contributed by atoms with Gasteiger partial charge in [-0.2, -0.15) is 0 Å². The molecule has 0 saturated carbocycles. The number of carbonyl (C=O) groups excluding carboxylic acids is 1. The summed E-state index contributed by atoms with van der Waals surface area (Å²) in [7, 11) is 1.35. The van der Waals surface area contributed by atoms with Crippen molar-refractivity contribution in [3.63, 3.8) is 0 Å². The molecule has 21 heavy (non-hydrogen) atoms. The minimum absolute atomic E-state index is 0.106. The molecule has 0 spiro atoms. The molecule has 0 aliphatic rings. The van der Waals surface area contributed by atoms with Crippen LogP contribution in [0.15, 0.2) is 48.5 Å². The highest BCUT2D eigenvalue weighted by Gasteiger charge is 2.37. The van der Waals surface area contributed by atoms with Crippen LogP contribution in [0.25, 0.3) is 0 Å². The molecule has 0 aliphatic carbocycles. The molecular weight excluding hydrogens is 266 g/mol. The highest BCUT2D eigenvalue weighted by atomic mass is 16.5. The molecule has 0 saturated heterocycles. The summed E-state index contributed by atoms with van der Waals surface area (Å²) >= 11 is 0. The third-order valence-electron chi connectivity index (χ3n) is 3.55. The number of phenolic OH excluding ortho intramolecular Hbond substituents is 1. The maximum absolute atomic E-state index is 12.3. The van der Waals surface area contributed by atoms with Crippen molar-refractivity contribution >= 4 is 11.7 Å². The maximum atomic E-state index is 12.3. The van der Waals surface area contributed by atoms with Crippen LogP contribution in [0.3, 0.4) is 0 Å². The lowest BCUT2D eigenvalue weighted by atomic mass is 9.91. The molecule has 1 unspecified atom stereocenters. The van der Waals surface area contributed by atoms with Gasteiger partial charge in [0.05, 0.1) is 7.11 Å². The minimum atomic E-state index is -1.08. The van der Waals surface area contributed by atoms with Gasteiger partial charge in [-0.05, 0) is 43.2 Å². The van der Waals surface area contributed by atoms with Gasteiger partial charge in [-0.3, -0.25) is 0 Å². The third kappa shape index (κ3) is 2.99. The van der Waals surface area contributed by atoms with Gasteiger partial charge < -0.3 is 15.2 Å². The lowest BCUT2D eigenvalue weighted by Crippen LogP contribution is -2.41. The average molecular weight is 285 g/mol. The number of esters is 1. The van der Waals surface area contributed by atoms with Gasteiger partial charge in [-0.1, -0.05) is 30.3 Å². The summed E-state index contributed by atoms with van der Waals surface area (Å²) in [4.78, 5) is 12.3. The predicted octanol–water partition coefficient (Wildman–Crippen LogP) is 3.20. The van der Waals surface area contributed by atoms with Crippen LogP contribution in [0.4, 0.5) is 5.69 Å². The Morgan fingerprint density at radius 2 is 1.90 bits per heavy atom. The molecule has 0 radical (unpaired) electrons. The molecule has 110 valence electrons. The number of aryl methyl sites for hydroxylation is 1. The van der Waals surface area contributed by atoms with Gasteiger partial charge in [0.15, 0.2) is 5.54 Å². The predicted molar refractivity (Wildman–Crippen MR) is 82.3 cm³/mol. The number of rotatable bonds is 4. The first-order valence-corrected chi connectivity index (χ1v) is 6.69. The molecule has 4 heteroatoms. The molecular formula is C17H19NO3. The Kier molecular flexibility index (Phi) is 4.17. The van der Waals surface area contributed by atoms with E-state index in [-0.39, 0.29) is 5.75 Å². The lowest BCUT2D eigenvalue weighted by Gasteiger charge is -2.30. The average Bonchev–Trinajstić information content (AvgIpc) is 2.48. The van der Waals surface area contributed by atoms with Gasteiger partial charge >= 0.3 is 5.97 Å². The Bertz CT molecular complexity index is 654. The van der Waals surface area contributed by atoms with Gasteiger partial charge in [-0.15, -0.1) is 0 Å². The first-order chi connectivity index (χ1) is 9.97. The number of carbonyl (C=O) groups is 1. The Morgan fingerprint density at radius 1 is 1.19 bits per heavy atom. The molecule has 1 atom stereocenters. The van der Waals surface area contributed by atoms with Crippen molar-refractivity contribution < 1.29 is 14.6 Å². The molecule has 0 fully saturated rings. The van der Waals surface area contributed by atoms with Crippen LogP contribution in [0.1, 0.15) is 18.1 Å². The van der Waals surface area contributed by atoms with E-state index in [0.717, 1.165) is 11.3 Å². The summed E-state index contributed by atoms with van der Waals surface area (Å²) in [5, 5.41) is 12.9. The van der Waals surface area contributed by atoms with Crippen molar-refractivity contribution in [2.75, 3.05) is 12.4 Å². The maximum Gasteiger partial charge on any atom is 0.335 e. The summed E-state index contributed by atoms with van der Waals surface area (Å²) in [6.07, 6.45) is 0. The van der Waals surface area contributed by atoms with E-state index >= 15 is 0 Å². The molecule has 0 bridgehead atoms. The van der Waals surface area contributed by atoms with E-state index in [1.807, 2.05) is 31.2 Å². The van der Waals surface area contributed by atoms with Crippen molar-refractivity contribution in [2.45, 2.75) is 19.4 Å². The van der Waals surface area contributed by atoms with Crippen molar-refractivity contribution in [2.24, 2.45) is 0 Å². The van der Waals surface area contributed by atoms with Crippen LogP contribution in [0.5, 0.6) is 5.75 Å². The fourth-order valence-corrected chi connectivity index (χ4v) is 2.24. The summed E-state index contributed by atoms with van der Waals surface area (Å²) in [6, 6.07) is 14.3. The topological polar surface area (TPSA) is 58.6 Å². The van der Waals surface area contributed by atoms with E-state index in [9.17, 15) is 9.90 Å². The van der Waals surface area contributed by atoms with Crippen molar-refractivity contribution in [3.8, 4) is 5.75 Å². The molecule has 2 aromatic carbocycles. The van der Waals surface area contributed by atoms with Crippen LogP contribution >= 0.6 is 0 Å². The van der Waals surface area contributed by atoms with E-state index in [4.69, 9.17) is 4.74 Å². The smallest absolute Gasteiger partial charge is 0.335 e. The Hall–Kier alpha value is -2.49. The van der Waals surface area contributed by atoms with E-state index in [0.29, 0.717) is 5.56 Å². The van der Waals surface area contributed by atoms with Gasteiger partial charge in [0.2, 0.25) is 0 Å². The molecule has 0 aromatic heterocycles. The highest BCUT2D eigenvalue weighted by Crippen LogP contribution is 2.30. The van der Waals surface area contributed by atoms with Gasteiger partial charge in [0.25, 0.3) is 0 Å². The van der Waals surface area contributed by atoms with E-state index in [2.05, 4.69) is 5.32 Å². The fraction of sp³-hybridized carbons (Fsp3) is 0.235. The Balaban J connectivity index is 2.48. The molecule has 4 nitrogen and oxygen atoms in total. The number of hydrogen-bond donors (Lipinski definition) is 2. The number of phenols is 1. The third-order valence-corrected chi connectivity index (χ3v) is 3.55. The number of ether oxygens (including phenoxy) is 1. The monoisotopic (exact) mass is 285 g/mol. The number of nitrogens with one attached hydrogen (secondary N) is 1. The number of anilines is 1. The van der Waals surface area contributed by atoms with Gasteiger partial charge in [0.1, 0.15) is 5.75 Å². The van der Waals surface area contributed by atoms with E-state index in [1.165, 1.54) is 7.11 Å². The van der Waals surface area contributed by atoms with Crippen LogP contribution in [0, 0.1) is 6.92 Å². The lowest BCUT2D eigenvalue weighted by molar-refractivity contribution is -0.145. The zero-order valence-corrected chi connectivity index (χ0v) is 12.4. The summed E-state index contributed by atoms with van der Waals surface area (Å²) in [6.45, 7) is 3.70. The Labute approximate surface area is 124 Å². The molecule has 0 heterocycles. The van der Waals surface area contributed by atoms with Gasteiger partial charge in [0, 0.05) is 5.69 Å². The normalized spacial score (nSPS) is 13.3. The first kappa shape index (κ1) is 14.9. The largest absolute Gasteiger partial charge is 0.508 e. The first-order valence-electron chi connectivity index (χ1n) is 6.69. The number of para-hydroxylation sites is 1. The van der Waals surface area contributed by atoms with Crippen LogP contribution in [-0.4, -0.2) is 18.2 Å². The van der Waals surface area contributed by atoms with Crippen molar-refractivity contribution in [3.05, 3.63) is 59.7 Å². The number of hydrogen-bond acceptors (Lipinski definition) is 4. The quantitative estimate of drug-likeness (QED) is 0.847. The van der Waals surface area contributed by atoms with Crippen molar-refractivity contribution in [1.82, 2.24) is 0 Å². The van der Waals surface area contributed by atoms with Crippen LogP contribution in [0.2, 0.25) is 0 Å². The Morgan fingerprint density at radius 3 is 2.52 bits per heavy atom. The number of aromatic hydroxyl groups is 1. The zero-order chi connectivity index (χ0) is 15.5.